The molecule has 0 spiro atoms. The molecule has 1 aromatic heterocycles. The molecule has 132 valence electrons. The third kappa shape index (κ3) is 4.79. The fourth-order valence-corrected chi connectivity index (χ4v) is 4.44. The second kappa shape index (κ2) is 8.11. The van der Waals surface area contributed by atoms with Crippen molar-refractivity contribution in [2.45, 2.75) is 39.0 Å². The zero-order valence-electron chi connectivity index (χ0n) is 14.0. The molecule has 2 rings (SSSR count). The van der Waals surface area contributed by atoms with Crippen LogP contribution in [0.1, 0.15) is 31.3 Å². The van der Waals surface area contributed by atoms with E-state index < -0.39 is 14.6 Å². The van der Waals surface area contributed by atoms with Gasteiger partial charge in [-0.15, -0.1) is 35.3 Å². The van der Waals surface area contributed by atoms with Crippen LogP contribution in [0.5, 0.6) is 0 Å². The summed E-state index contributed by atoms with van der Waals surface area (Å²) in [7, 11) is -3.04. The summed E-state index contributed by atoms with van der Waals surface area (Å²) in [6.07, 6.45) is 0. The van der Waals surface area contributed by atoms with Crippen molar-refractivity contribution in [3.8, 4) is 0 Å². The summed E-state index contributed by atoms with van der Waals surface area (Å²) in [6.45, 7) is 9.83. The fraction of sp³-hybridized carbons (Fsp3) is 0.714. The maximum atomic E-state index is 12.1. The van der Waals surface area contributed by atoms with Crippen molar-refractivity contribution < 1.29 is 8.42 Å². The number of thiazole rings is 1. The highest BCUT2D eigenvalue weighted by atomic mass is 127. The van der Waals surface area contributed by atoms with Crippen LogP contribution in [0.15, 0.2) is 10.5 Å². The Morgan fingerprint density at radius 2 is 2.22 bits per heavy atom. The van der Waals surface area contributed by atoms with Gasteiger partial charge in [-0.2, -0.15) is 0 Å². The standard InChI is InChI=1S/C14H24N4O2S2.HI/c1-5-15-13(16-8-12-11(2)17-10-21-12)18-6-7-22(19,20)14(3,4)9-18;/h10H,5-9H2,1-4H3,(H,15,16);1H. The molecule has 1 aliphatic heterocycles. The van der Waals surface area contributed by atoms with E-state index in [4.69, 9.17) is 0 Å². The minimum absolute atomic E-state index is 0. The summed E-state index contributed by atoms with van der Waals surface area (Å²) in [4.78, 5) is 12.1. The van der Waals surface area contributed by atoms with Gasteiger partial charge in [0.05, 0.1) is 28.2 Å². The van der Waals surface area contributed by atoms with Gasteiger partial charge in [0.25, 0.3) is 0 Å². The fourth-order valence-electron chi connectivity index (χ4n) is 2.37. The van der Waals surface area contributed by atoms with Crippen LogP contribution < -0.4 is 5.32 Å². The summed E-state index contributed by atoms with van der Waals surface area (Å²) in [6, 6.07) is 0. The lowest BCUT2D eigenvalue weighted by Gasteiger charge is -2.39. The molecule has 0 amide bonds. The molecule has 0 saturated carbocycles. The van der Waals surface area contributed by atoms with Crippen LogP contribution in [0.25, 0.3) is 0 Å². The molecule has 1 N–H and O–H groups in total. The SMILES string of the molecule is CCNC(=NCc1scnc1C)N1CCS(=O)(=O)C(C)(C)C1.I. The molecule has 0 unspecified atom stereocenters. The number of sulfone groups is 1. The van der Waals surface area contributed by atoms with Crippen molar-refractivity contribution in [3.05, 3.63) is 16.1 Å². The van der Waals surface area contributed by atoms with Gasteiger partial charge < -0.3 is 10.2 Å². The van der Waals surface area contributed by atoms with Gasteiger partial charge in [0.1, 0.15) is 0 Å². The van der Waals surface area contributed by atoms with Crippen LogP contribution in [0, 0.1) is 6.92 Å². The third-order valence-electron chi connectivity index (χ3n) is 3.90. The van der Waals surface area contributed by atoms with Crippen LogP contribution in [-0.4, -0.2) is 54.4 Å². The first-order valence-corrected chi connectivity index (χ1v) is 9.94. The molecule has 1 saturated heterocycles. The second-order valence-corrected chi connectivity index (χ2v) is 9.71. The van der Waals surface area contributed by atoms with Gasteiger partial charge in [-0.05, 0) is 27.7 Å². The van der Waals surface area contributed by atoms with Gasteiger partial charge in [0.2, 0.25) is 0 Å². The largest absolute Gasteiger partial charge is 0.357 e. The maximum Gasteiger partial charge on any atom is 0.194 e. The number of hydrogen-bond donors (Lipinski definition) is 1. The van der Waals surface area contributed by atoms with Crippen LogP contribution >= 0.6 is 35.3 Å². The summed E-state index contributed by atoms with van der Waals surface area (Å²) in [5.74, 6) is 0.947. The van der Waals surface area contributed by atoms with Crippen LogP contribution in [0.3, 0.4) is 0 Å². The number of aryl methyl sites for hydroxylation is 1. The van der Waals surface area contributed by atoms with E-state index in [1.165, 1.54) is 0 Å². The second-order valence-electron chi connectivity index (χ2n) is 6.03. The molecule has 23 heavy (non-hydrogen) atoms. The van der Waals surface area contributed by atoms with E-state index in [-0.39, 0.29) is 29.7 Å². The maximum absolute atomic E-state index is 12.1. The third-order valence-corrected chi connectivity index (χ3v) is 7.35. The predicted octanol–water partition coefficient (Wildman–Crippen LogP) is 2.04. The van der Waals surface area contributed by atoms with Crippen LogP contribution in [0.2, 0.25) is 0 Å². The molecular formula is C14H25IN4O2S2. The van der Waals surface area contributed by atoms with Gasteiger partial charge in [0, 0.05) is 24.5 Å². The molecule has 0 aromatic carbocycles. The molecule has 0 aliphatic carbocycles. The molecule has 2 heterocycles. The van der Waals surface area contributed by atoms with E-state index in [2.05, 4.69) is 15.3 Å². The highest BCUT2D eigenvalue weighted by Gasteiger charge is 2.40. The quantitative estimate of drug-likeness (QED) is 0.414. The van der Waals surface area contributed by atoms with Crippen LogP contribution in [0.4, 0.5) is 0 Å². The number of halogens is 1. The number of nitrogens with zero attached hydrogens (tertiary/aromatic N) is 3. The number of guanidine groups is 1. The normalized spacial score (nSPS) is 20.0. The number of nitrogens with one attached hydrogen (secondary N) is 1. The first kappa shape index (κ1) is 20.6. The highest BCUT2D eigenvalue weighted by Crippen LogP contribution is 2.24. The molecule has 1 aliphatic rings. The topological polar surface area (TPSA) is 74.7 Å². The Bertz CT molecular complexity index is 655. The van der Waals surface area contributed by atoms with Gasteiger partial charge in [-0.1, -0.05) is 0 Å². The zero-order valence-corrected chi connectivity index (χ0v) is 18.0. The number of hydrogen-bond acceptors (Lipinski definition) is 5. The van der Waals surface area contributed by atoms with Gasteiger partial charge >= 0.3 is 0 Å². The Balaban J connectivity index is 0.00000264. The molecule has 1 aromatic rings. The Kier molecular flexibility index (Phi) is 7.27. The lowest BCUT2D eigenvalue weighted by Crippen LogP contribution is -2.57. The summed E-state index contributed by atoms with van der Waals surface area (Å²) in [5.41, 5.74) is 2.83. The molecule has 1 fully saturated rings. The smallest absolute Gasteiger partial charge is 0.194 e. The minimum atomic E-state index is -3.04. The Labute approximate surface area is 159 Å². The van der Waals surface area contributed by atoms with Crippen molar-refractivity contribution in [1.82, 2.24) is 15.2 Å². The van der Waals surface area contributed by atoms with Crippen LogP contribution in [-0.2, 0) is 16.4 Å². The molecule has 0 atom stereocenters. The average Bonchev–Trinajstić information content (AvgIpc) is 2.83. The Morgan fingerprint density at radius 1 is 1.52 bits per heavy atom. The highest BCUT2D eigenvalue weighted by molar-refractivity contribution is 14.0. The van der Waals surface area contributed by atoms with Crippen molar-refractivity contribution in [3.63, 3.8) is 0 Å². The van der Waals surface area contributed by atoms with E-state index in [1.807, 2.05) is 24.3 Å². The minimum Gasteiger partial charge on any atom is -0.357 e. The lowest BCUT2D eigenvalue weighted by atomic mass is 10.2. The first-order chi connectivity index (χ1) is 10.3. The number of aliphatic imine (C=N–C) groups is 1. The molecule has 6 nitrogen and oxygen atoms in total. The molecular weight excluding hydrogens is 447 g/mol. The van der Waals surface area contributed by atoms with E-state index in [1.54, 1.807) is 25.2 Å². The van der Waals surface area contributed by atoms with E-state index >= 15 is 0 Å². The number of aromatic nitrogens is 1. The van der Waals surface area contributed by atoms with Gasteiger partial charge in [-0.3, -0.25) is 0 Å². The predicted molar refractivity (Wildman–Crippen MR) is 107 cm³/mol. The zero-order chi connectivity index (χ0) is 16.4. The van der Waals surface area contributed by atoms with Crippen molar-refractivity contribution in [2.75, 3.05) is 25.4 Å². The molecule has 0 bridgehead atoms. The van der Waals surface area contributed by atoms with E-state index in [9.17, 15) is 8.42 Å². The first-order valence-electron chi connectivity index (χ1n) is 7.41. The lowest BCUT2D eigenvalue weighted by molar-refractivity contribution is 0.353. The Hall–Kier alpha value is -0.420. The van der Waals surface area contributed by atoms with Gasteiger partial charge in [0.15, 0.2) is 15.8 Å². The van der Waals surface area contributed by atoms with Crippen molar-refractivity contribution in [2.24, 2.45) is 4.99 Å². The van der Waals surface area contributed by atoms with E-state index in [0.717, 1.165) is 23.1 Å². The summed E-state index contributed by atoms with van der Waals surface area (Å²) in [5, 5.41) is 3.26. The molecule has 9 heteroatoms. The average molecular weight is 472 g/mol. The van der Waals surface area contributed by atoms with Crippen molar-refractivity contribution in [1.29, 1.82) is 0 Å². The van der Waals surface area contributed by atoms with Gasteiger partial charge in [-0.25, -0.2) is 18.4 Å². The summed E-state index contributed by atoms with van der Waals surface area (Å²) < 4.78 is 23.5. The number of rotatable bonds is 3. The summed E-state index contributed by atoms with van der Waals surface area (Å²) >= 11 is 1.60. The van der Waals surface area contributed by atoms with E-state index in [0.29, 0.717) is 19.6 Å². The van der Waals surface area contributed by atoms with Crippen molar-refractivity contribution >= 4 is 51.1 Å². The molecule has 0 radical (unpaired) electrons. The monoisotopic (exact) mass is 472 g/mol. The Morgan fingerprint density at radius 3 is 2.74 bits per heavy atom.